The van der Waals surface area contributed by atoms with Crippen molar-refractivity contribution in [3.63, 3.8) is 0 Å². The zero-order chi connectivity index (χ0) is 13.4. The SMILES string of the molecule is CC(C)(C)OC(=O)N1CC(C(=O)O)(C(=O)O)C1. The van der Waals surface area contributed by atoms with Crippen LogP contribution >= 0.6 is 0 Å². The third-order valence-electron chi connectivity index (χ3n) is 2.39. The van der Waals surface area contributed by atoms with E-state index < -0.39 is 29.0 Å². The topological polar surface area (TPSA) is 104 Å². The molecule has 0 aliphatic carbocycles. The quantitative estimate of drug-likeness (QED) is 0.682. The van der Waals surface area contributed by atoms with Crippen molar-refractivity contribution in [2.45, 2.75) is 26.4 Å². The van der Waals surface area contributed by atoms with Gasteiger partial charge in [-0.1, -0.05) is 0 Å². The van der Waals surface area contributed by atoms with Crippen LogP contribution in [0.1, 0.15) is 20.8 Å². The summed E-state index contributed by atoms with van der Waals surface area (Å²) in [6, 6.07) is 0. The van der Waals surface area contributed by atoms with Crippen LogP contribution in [0.2, 0.25) is 0 Å². The fourth-order valence-electron chi connectivity index (χ4n) is 1.42. The number of aliphatic carboxylic acids is 2. The Kier molecular flexibility index (Phi) is 3.05. The molecule has 0 radical (unpaired) electrons. The number of nitrogens with zero attached hydrogens (tertiary/aromatic N) is 1. The highest BCUT2D eigenvalue weighted by Gasteiger charge is 2.58. The number of carboxylic acid groups (broad SMARTS) is 2. The first kappa shape index (κ1) is 13.3. The summed E-state index contributed by atoms with van der Waals surface area (Å²) in [5, 5.41) is 17.7. The van der Waals surface area contributed by atoms with Crippen molar-refractivity contribution in [2.75, 3.05) is 13.1 Å². The lowest BCUT2D eigenvalue weighted by atomic mass is 9.80. The number of hydrogen-bond acceptors (Lipinski definition) is 4. The van der Waals surface area contributed by atoms with E-state index in [1.165, 1.54) is 0 Å². The molecule has 1 heterocycles. The van der Waals surface area contributed by atoms with Crippen molar-refractivity contribution in [2.24, 2.45) is 5.41 Å². The minimum Gasteiger partial charge on any atom is -0.480 e. The molecular weight excluding hydrogens is 230 g/mol. The molecule has 1 fully saturated rings. The third-order valence-corrected chi connectivity index (χ3v) is 2.39. The van der Waals surface area contributed by atoms with Gasteiger partial charge in [0.15, 0.2) is 5.41 Å². The lowest BCUT2D eigenvalue weighted by molar-refractivity contribution is -0.176. The molecule has 1 aliphatic rings. The van der Waals surface area contributed by atoms with Crippen LogP contribution in [0, 0.1) is 5.41 Å². The highest BCUT2D eigenvalue weighted by atomic mass is 16.6. The number of amides is 1. The summed E-state index contributed by atoms with van der Waals surface area (Å²) in [4.78, 5) is 34.2. The van der Waals surface area contributed by atoms with Gasteiger partial charge >= 0.3 is 18.0 Å². The van der Waals surface area contributed by atoms with Gasteiger partial charge in [-0.3, -0.25) is 9.59 Å². The van der Waals surface area contributed by atoms with Crippen LogP contribution in [-0.2, 0) is 14.3 Å². The number of likely N-dealkylation sites (tertiary alicyclic amines) is 1. The molecule has 7 heteroatoms. The lowest BCUT2D eigenvalue weighted by Crippen LogP contribution is -2.66. The molecule has 1 saturated heterocycles. The Bertz CT molecular complexity index is 347. The number of ether oxygens (including phenoxy) is 1. The second kappa shape index (κ2) is 3.90. The van der Waals surface area contributed by atoms with Crippen molar-refractivity contribution in [3.05, 3.63) is 0 Å². The normalized spacial score (nSPS) is 18.2. The Labute approximate surface area is 98.0 Å². The third kappa shape index (κ3) is 2.48. The van der Waals surface area contributed by atoms with E-state index in [4.69, 9.17) is 14.9 Å². The Morgan fingerprint density at radius 1 is 1.12 bits per heavy atom. The van der Waals surface area contributed by atoms with Crippen LogP contribution < -0.4 is 0 Å². The summed E-state index contributed by atoms with van der Waals surface area (Å²) < 4.78 is 5.00. The molecule has 96 valence electrons. The van der Waals surface area contributed by atoms with Gasteiger partial charge < -0.3 is 19.8 Å². The maximum atomic E-state index is 11.5. The molecule has 0 saturated carbocycles. The van der Waals surface area contributed by atoms with Gasteiger partial charge in [0.2, 0.25) is 0 Å². The number of carbonyl (C=O) groups is 3. The van der Waals surface area contributed by atoms with E-state index in [1.807, 2.05) is 0 Å². The van der Waals surface area contributed by atoms with Crippen molar-refractivity contribution in [1.29, 1.82) is 0 Å². The van der Waals surface area contributed by atoms with Crippen LogP contribution in [0.5, 0.6) is 0 Å². The first-order chi connectivity index (χ1) is 7.58. The van der Waals surface area contributed by atoms with Gasteiger partial charge in [0.05, 0.1) is 13.1 Å². The van der Waals surface area contributed by atoms with Crippen molar-refractivity contribution in [1.82, 2.24) is 4.90 Å². The van der Waals surface area contributed by atoms with Gasteiger partial charge in [-0.25, -0.2) is 4.79 Å². The summed E-state index contributed by atoms with van der Waals surface area (Å²) >= 11 is 0. The maximum Gasteiger partial charge on any atom is 0.410 e. The molecule has 2 N–H and O–H groups in total. The average molecular weight is 245 g/mol. The minimum absolute atomic E-state index is 0.368. The van der Waals surface area contributed by atoms with E-state index in [0.29, 0.717) is 0 Å². The maximum absolute atomic E-state index is 11.5. The van der Waals surface area contributed by atoms with E-state index in [9.17, 15) is 14.4 Å². The van der Waals surface area contributed by atoms with Gasteiger partial charge in [-0.2, -0.15) is 0 Å². The van der Waals surface area contributed by atoms with Crippen LogP contribution in [0.4, 0.5) is 4.79 Å². The van der Waals surface area contributed by atoms with E-state index in [-0.39, 0.29) is 13.1 Å². The molecule has 0 spiro atoms. The van der Waals surface area contributed by atoms with Gasteiger partial charge in [0.25, 0.3) is 0 Å². The largest absolute Gasteiger partial charge is 0.480 e. The molecular formula is C10H15NO6. The average Bonchev–Trinajstić information content (AvgIpc) is 1.95. The van der Waals surface area contributed by atoms with Gasteiger partial charge in [-0.15, -0.1) is 0 Å². The first-order valence-corrected chi connectivity index (χ1v) is 5.03. The minimum atomic E-state index is -1.89. The van der Waals surface area contributed by atoms with E-state index >= 15 is 0 Å². The lowest BCUT2D eigenvalue weighted by Gasteiger charge is -2.43. The molecule has 1 aliphatic heterocycles. The van der Waals surface area contributed by atoms with Gasteiger partial charge in [-0.05, 0) is 20.8 Å². The Balaban J connectivity index is 2.64. The molecule has 0 aromatic heterocycles. The zero-order valence-electron chi connectivity index (χ0n) is 9.89. The second-order valence-electron chi connectivity index (χ2n) is 5.03. The first-order valence-electron chi connectivity index (χ1n) is 5.03. The summed E-state index contributed by atoms with van der Waals surface area (Å²) in [5.74, 6) is -2.88. The molecule has 0 bridgehead atoms. The predicted molar refractivity (Wildman–Crippen MR) is 55.5 cm³/mol. The summed E-state index contributed by atoms with van der Waals surface area (Å²) in [6.45, 7) is 4.28. The highest BCUT2D eigenvalue weighted by molar-refractivity contribution is 6.01. The number of carboxylic acids is 2. The van der Waals surface area contributed by atoms with Crippen molar-refractivity contribution >= 4 is 18.0 Å². The molecule has 7 nitrogen and oxygen atoms in total. The number of carbonyl (C=O) groups excluding carboxylic acids is 1. The Hall–Kier alpha value is -1.79. The fraction of sp³-hybridized carbons (Fsp3) is 0.700. The van der Waals surface area contributed by atoms with Crippen LogP contribution in [0.25, 0.3) is 0 Å². The summed E-state index contributed by atoms with van der Waals surface area (Å²) in [5.41, 5.74) is -2.58. The van der Waals surface area contributed by atoms with Crippen LogP contribution in [-0.4, -0.2) is 51.8 Å². The molecule has 0 aromatic rings. The molecule has 0 unspecified atom stereocenters. The van der Waals surface area contributed by atoms with E-state index in [0.717, 1.165) is 4.90 Å². The predicted octanol–water partition coefficient (Wildman–Crippen LogP) is 0.393. The molecule has 0 aromatic carbocycles. The standard InChI is InChI=1S/C10H15NO6/c1-9(2,3)17-8(16)11-4-10(5-11,6(12)13)7(14)15/h4-5H2,1-3H3,(H,12,13)(H,14,15). The van der Waals surface area contributed by atoms with Gasteiger partial charge in [0, 0.05) is 0 Å². The second-order valence-corrected chi connectivity index (χ2v) is 5.03. The van der Waals surface area contributed by atoms with Crippen molar-refractivity contribution in [3.8, 4) is 0 Å². The Morgan fingerprint density at radius 3 is 1.82 bits per heavy atom. The monoisotopic (exact) mass is 245 g/mol. The zero-order valence-corrected chi connectivity index (χ0v) is 9.89. The van der Waals surface area contributed by atoms with E-state index in [1.54, 1.807) is 20.8 Å². The van der Waals surface area contributed by atoms with Crippen molar-refractivity contribution < 1.29 is 29.3 Å². The molecule has 17 heavy (non-hydrogen) atoms. The van der Waals surface area contributed by atoms with Crippen LogP contribution in [0.3, 0.4) is 0 Å². The van der Waals surface area contributed by atoms with Crippen LogP contribution in [0.15, 0.2) is 0 Å². The number of hydrogen-bond donors (Lipinski definition) is 2. The Morgan fingerprint density at radius 2 is 1.53 bits per heavy atom. The molecule has 1 amide bonds. The molecule has 1 rings (SSSR count). The van der Waals surface area contributed by atoms with E-state index in [2.05, 4.69) is 0 Å². The summed E-state index contributed by atoms with van der Waals surface area (Å²) in [6.07, 6.45) is -0.698. The van der Waals surface area contributed by atoms with Gasteiger partial charge in [0.1, 0.15) is 5.60 Å². The number of rotatable bonds is 2. The smallest absolute Gasteiger partial charge is 0.410 e. The summed E-state index contributed by atoms with van der Waals surface area (Å²) in [7, 11) is 0. The highest BCUT2D eigenvalue weighted by Crippen LogP contribution is 2.32. The fourth-order valence-corrected chi connectivity index (χ4v) is 1.42. The molecule has 0 atom stereocenters.